The third kappa shape index (κ3) is 2.87. The average Bonchev–Trinajstić information content (AvgIpc) is 2.26. The summed E-state index contributed by atoms with van der Waals surface area (Å²) in [6.45, 7) is 4.37. The van der Waals surface area contributed by atoms with Crippen molar-refractivity contribution in [2.24, 2.45) is 5.92 Å². The molecule has 0 N–H and O–H groups in total. The Kier molecular flexibility index (Phi) is 4.17. The second kappa shape index (κ2) is 5.43. The summed E-state index contributed by atoms with van der Waals surface area (Å²) >= 11 is 0. The third-order valence-corrected chi connectivity index (χ3v) is 2.24. The van der Waals surface area contributed by atoms with Crippen LogP contribution in [0, 0.1) is 5.92 Å². The van der Waals surface area contributed by atoms with Crippen molar-refractivity contribution >= 4 is 6.08 Å². The lowest BCUT2D eigenvalue weighted by molar-refractivity contribution is 0.397. The van der Waals surface area contributed by atoms with E-state index in [1.807, 2.05) is 12.1 Å². The van der Waals surface area contributed by atoms with Crippen molar-refractivity contribution in [3.05, 3.63) is 30.0 Å². The Morgan fingerprint density at radius 2 is 2.36 bits per heavy atom. The van der Waals surface area contributed by atoms with Gasteiger partial charge in [-0.05, 0) is 18.1 Å². The Morgan fingerprint density at radius 1 is 1.57 bits per heavy atom. The number of rotatable bonds is 4. The van der Waals surface area contributed by atoms with Crippen LogP contribution in [0.1, 0.15) is 25.8 Å². The summed E-state index contributed by atoms with van der Waals surface area (Å²) in [5, 5.41) is 0. The van der Waals surface area contributed by atoms with E-state index in [4.69, 9.17) is 4.74 Å². The lowest BCUT2D eigenvalue weighted by Crippen LogP contribution is -1.90. The molecule has 1 aromatic rings. The molecule has 0 aliphatic rings. The second-order valence-corrected chi connectivity index (χ2v) is 3.35. The molecular weight excluding hydrogens is 174 g/mol. The normalized spacial score (nSPS) is 13.1. The molecule has 14 heavy (non-hydrogen) atoms. The Balaban J connectivity index is 2.80. The van der Waals surface area contributed by atoms with Crippen molar-refractivity contribution in [1.29, 1.82) is 0 Å². The molecule has 0 saturated heterocycles. The Bertz CT molecular complexity index is 307. The number of hydrogen-bond acceptors (Lipinski definition) is 2. The highest BCUT2D eigenvalue weighted by Gasteiger charge is 1.99. The lowest BCUT2D eigenvalue weighted by Gasteiger charge is -2.03. The van der Waals surface area contributed by atoms with Crippen LogP contribution in [0.2, 0.25) is 0 Å². The van der Waals surface area contributed by atoms with E-state index in [0.717, 1.165) is 12.0 Å². The molecule has 0 fully saturated rings. The molecule has 0 bridgehead atoms. The highest BCUT2D eigenvalue weighted by atomic mass is 16.5. The van der Waals surface area contributed by atoms with Crippen LogP contribution in [0.5, 0.6) is 5.88 Å². The first kappa shape index (κ1) is 10.8. The van der Waals surface area contributed by atoms with E-state index < -0.39 is 0 Å². The molecule has 76 valence electrons. The van der Waals surface area contributed by atoms with E-state index in [1.165, 1.54) is 0 Å². The van der Waals surface area contributed by atoms with Gasteiger partial charge < -0.3 is 4.74 Å². The van der Waals surface area contributed by atoms with Crippen LogP contribution in [0.15, 0.2) is 24.4 Å². The van der Waals surface area contributed by atoms with Gasteiger partial charge in [0.15, 0.2) is 0 Å². The molecular formula is C12H17NO. The van der Waals surface area contributed by atoms with Crippen LogP contribution in [-0.4, -0.2) is 12.1 Å². The van der Waals surface area contributed by atoms with Gasteiger partial charge in [-0.25, -0.2) is 4.98 Å². The molecule has 1 unspecified atom stereocenters. The fraction of sp³-hybridized carbons (Fsp3) is 0.417. The van der Waals surface area contributed by atoms with Crippen molar-refractivity contribution in [3.63, 3.8) is 0 Å². The van der Waals surface area contributed by atoms with Crippen molar-refractivity contribution in [2.75, 3.05) is 7.11 Å². The molecule has 0 aromatic carbocycles. The number of methoxy groups -OCH3 is 1. The average molecular weight is 191 g/mol. The topological polar surface area (TPSA) is 22.1 Å². The van der Waals surface area contributed by atoms with Gasteiger partial charge in [0, 0.05) is 11.8 Å². The maximum atomic E-state index is 5.15. The zero-order chi connectivity index (χ0) is 10.4. The summed E-state index contributed by atoms with van der Waals surface area (Å²) < 4.78 is 5.15. The van der Waals surface area contributed by atoms with E-state index in [2.05, 4.69) is 31.0 Å². The van der Waals surface area contributed by atoms with Gasteiger partial charge in [0.25, 0.3) is 0 Å². The van der Waals surface area contributed by atoms with E-state index in [0.29, 0.717) is 11.8 Å². The van der Waals surface area contributed by atoms with Gasteiger partial charge in [0.05, 0.1) is 7.11 Å². The SMILES string of the molecule is CCC(C)/C=C/c1cccnc1OC. The van der Waals surface area contributed by atoms with Gasteiger partial charge in [-0.3, -0.25) is 0 Å². The first-order valence-corrected chi connectivity index (χ1v) is 4.95. The molecule has 0 spiro atoms. The molecule has 1 rings (SSSR count). The second-order valence-electron chi connectivity index (χ2n) is 3.35. The number of ether oxygens (including phenoxy) is 1. The fourth-order valence-corrected chi connectivity index (χ4v) is 1.10. The zero-order valence-electron chi connectivity index (χ0n) is 9.03. The Hall–Kier alpha value is -1.31. The van der Waals surface area contributed by atoms with E-state index in [1.54, 1.807) is 13.3 Å². The van der Waals surface area contributed by atoms with Crippen LogP contribution in [0.3, 0.4) is 0 Å². The molecule has 0 radical (unpaired) electrons. The van der Waals surface area contributed by atoms with Gasteiger partial charge in [-0.2, -0.15) is 0 Å². The summed E-state index contributed by atoms with van der Waals surface area (Å²) in [5.41, 5.74) is 1.04. The van der Waals surface area contributed by atoms with Crippen LogP contribution in [0.4, 0.5) is 0 Å². The highest BCUT2D eigenvalue weighted by Crippen LogP contribution is 2.16. The number of allylic oxidation sites excluding steroid dienone is 1. The van der Waals surface area contributed by atoms with Gasteiger partial charge in [-0.1, -0.05) is 32.4 Å². The molecule has 0 aliphatic carbocycles. The summed E-state index contributed by atoms with van der Waals surface area (Å²) in [4.78, 5) is 4.13. The summed E-state index contributed by atoms with van der Waals surface area (Å²) in [6, 6.07) is 3.92. The number of aromatic nitrogens is 1. The fourth-order valence-electron chi connectivity index (χ4n) is 1.10. The van der Waals surface area contributed by atoms with Gasteiger partial charge in [0.1, 0.15) is 0 Å². The third-order valence-electron chi connectivity index (χ3n) is 2.24. The largest absolute Gasteiger partial charge is 0.481 e. The van der Waals surface area contributed by atoms with Gasteiger partial charge >= 0.3 is 0 Å². The standard InChI is InChI=1S/C12H17NO/c1-4-10(2)7-8-11-6-5-9-13-12(11)14-3/h5-10H,4H2,1-3H3/b8-7+. The van der Waals surface area contributed by atoms with Crippen LogP contribution in [-0.2, 0) is 0 Å². The van der Waals surface area contributed by atoms with Crippen molar-refractivity contribution in [1.82, 2.24) is 4.98 Å². The first-order valence-electron chi connectivity index (χ1n) is 4.95. The minimum atomic E-state index is 0.597. The Morgan fingerprint density at radius 3 is 3.00 bits per heavy atom. The maximum Gasteiger partial charge on any atom is 0.220 e. The molecule has 0 amide bonds. The van der Waals surface area contributed by atoms with Gasteiger partial charge in [0.2, 0.25) is 5.88 Å². The number of nitrogens with zero attached hydrogens (tertiary/aromatic N) is 1. The van der Waals surface area contributed by atoms with Crippen molar-refractivity contribution in [3.8, 4) is 5.88 Å². The van der Waals surface area contributed by atoms with Crippen LogP contribution in [0.25, 0.3) is 6.08 Å². The van der Waals surface area contributed by atoms with E-state index in [-0.39, 0.29) is 0 Å². The van der Waals surface area contributed by atoms with Crippen LogP contribution >= 0.6 is 0 Å². The number of pyridine rings is 1. The summed E-state index contributed by atoms with van der Waals surface area (Å²) in [5.74, 6) is 1.28. The molecule has 2 heteroatoms. The maximum absolute atomic E-state index is 5.15. The first-order chi connectivity index (χ1) is 6.77. The lowest BCUT2D eigenvalue weighted by atomic mass is 10.1. The smallest absolute Gasteiger partial charge is 0.220 e. The van der Waals surface area contributed by atoms with Crippen molar-refractivity contribution in [2.45, 2.75) is 20.3 Å². The minimum absolute atomic E-state index is 0.597. The monoisotopic (exact) mass is 191 g/mol. The molecule has 1 heterocycles. The summed E-state index contributed by atoms with van der Waals surface area (Å²) in [6.07, 6.45) is 7.14. The minimum Gasteiger partial charge on any atom is -0.481 e. The molecule has 1 aromatic heterocycles. The van der Waals surface area contributed by atoms with Gasteiger partial charge in [-0.15, -0.1) is 0 Å². The van der Waals surface area contributed by atoms with Crippen molar-refractivity contribution < 1.29 is 4.74 Å². The highest BCUT2D eigenvalue weighted by molar-refractivity contribution is 5.54. The number of hydrogen-bond donors (Lipinski definition) is 0. The predicted octanol–water partition coefficient (Wildman–Crippen LogP) is 3.15. The molecule has 2 nitrogen and oxygen atoms in total. The Labute approximate surface area is 85.6 Å². The quantitative estimate of drug-likeness (QED) is 0.729. The van der Waals surface area contributed by atoms with E-state index in [9.17, 15) is 0 Å². The molecule has 0 aliphatic heterocycles. The predicted molar refractivity (Wildman–Crippen MR) is 59.3 cm³/mol. The summed E-state index contributed by atoms with van der Waals surface area (Å²) in [7, 11) is 1.64. The van der Waals surface area contributed by atoms with Crippen LogP contribution < -0.4 is 4.74 Å². The zero-order valence-corrected chi connectivity index (χ0v) is 9.03. The molecule has 1 atom stereocenters. The molecule has 0 saturated carbocycles. The van der Waals surface area contributed by atoms with E-state index >= 15 is 0 Å².